The van der Waals surface area contributed by atoms with Crippen molar-refractivity contribution in [1.29, 1.82) is 0 Å². The van der Waals surface area contributed by atoms with Gasteiger partial charge in [-0.3, -0.25) is 4.79 Å². The van der Waals surface area contributed by atoms with Crippen molar-refractivity contribution in [3.63, 3.8) is 0 Å². The second-order valence-electron chi connectivity index (χ2n) is 5.59. The molecule has 0 aliphatic rings. The Kier molecular flexibility index (Phi) is 7.05. The Morgan fingerprint density at radius 3 is 1.65 bits per heavy atom. The Morgan fingerprint density at radius 1 is 0.731 bits per heavy atom. The number of esters is 1. The first kappa shape index (κ1) is 19.8. The first-order chi connectivity index (χ1) is 12.2. The maximum absolute atomic E-state index is 11.1. The van der Waals surface area contributed by atoms with Gasteiger partial charge in [0.05, 0.1) is 7.11 Å². The maximum Gasteiger partial charge on any atom is 0.307 e. The van der Waals surface area contributed by atoms with Gasteiger partial charge in [-0.2, -0.15) is 0 Å². The standard InChI is InChI=1S/C22H19O3.W/c1-16(23)25-21-14-10-19(11-15-21)22(17-6-4-3-5-7-17)18-8-12-20(24-2)13-9-18;/h3-15H,1-2H3;/q-1;. The van der Waals surface area contributed by atoms with Crippen molar-refractivity contribution in [2.45, 2.75) is 6.92 Å². The van der Waals surface area contributed by atoms with Crippen LogP contribution in [-0.4, -0.2) is 13.1 Å². The quantitative estimate of drug-likeness (QED) is 0.215. The van der Waals surface area contributed by atoms with E-state index in [1.54, 1.807) is 7.11 Å². The van der Waals surface area contributed by atoms with Crippen LogP contribution in [0, 0.1) is 5.92 Å². The van der Waals surface area contributed by atoms with Gasteiger partial charge in [-0.15, -0.1) is 0 Å². The molecule has 0 unspecified atom stereocenters. The Balaban J connectivity index is 0.00000243. The molecule has 0 saturated heterocycles. The Labute approximate surface area is 168 Å². The number of methoxy groups -OCH3 is 1. The molecule has 3 aromatic rings. The second-order valence-corrected chi connectivity index (χ2v) is 5.59. The molecule has 132 valence electrons. The van der Waals surface area contributed by atoms with Gasteiger partial charge >= 0.3 is 5.97 Å². The van der Waals surface area contributed by atoms with Crippen LogP contribution in [0.1, 0.15) is 23.6 Å². The van der Waals surface area contributed by atoms with Gasteiger partial charge in [-0.1, -0.05) is 77.2 Å². The summed E-state index contributed by atoms with van der Waals surface area (Å²) in [5, 5.41) is 0. The average molecular weight is 515 g/mol. The molecule has 0 atom stereocenters. The van der Waals surface area contributed by atoms with Gasteiger partial charge in [0, 0.05) is 28.0 Å². The number of ether oxygens (including phenoxy) is 2. The van der Waals surface area contributed by atoms with Crippen LogP contribution in [0.25, 0.3) is 0 Å². The molecular formula is C22H19O3W-. The summed E-state index contributed by atoms with van der Waals surface area (Å²) in [6.07, 6.45) is 0. The Bertz CT molecular complexity index is 828. The molecule has 4 heteroatoms. The topological polar surface area (TPSA) is 35.5 Å². The third-order valence-corrected chi connectivity index (χ3v) is 3.85. The molecule has 0 spiro atoms. The molecule has 0 saturated carbocycles. The van der Waals surface area contributed by atoms with Crippen molar-refractivity contribution in [3.05, 3.63) is 101 Å². The molecule has 0 aliphatic carbocycles. The summed E-state index contributed by atoms with van der Waals surface area (Å²) >= 11 is 0. The van der Waals surface area contributed by atoms with E-state index in [9.17, 15) is 4.79 Å². The molecule has 0 aromatic heterocycles. The number of hydrogen-bond acceptors (Lipinski definition) is 3. The smallest absolute Gasteiger partial charge is 0.307 e. The average Bonchev–Trinajstić information content (AvgIpc) is 2.64. The molecule has 3 nitrogen and oxygen atoms in total. The number of benzene rings is 3. The first-order valence-electron chi connectivity index (χ1n) is 8.03. The van der Waals surface area contributed by atoms with E-state index in [-0.39, 0.29) is 27.0 Å². The predicted molar refractivity (Wildman–Crippen MR) is 97.7 cm³/mol. The normalized spacial score (nSPS) is 9.77. The first-order valence-corrected chi connectivity index (χ1v) is 8.03. The van der Waals surface area contributed by atoms with Crippen LogP contribution in [0.4, 0.5) is 0 Å². The van der Waals surface area contributed by atoms with Crippen LogP contribution in [0.15, 0.2) is 78.9 Å². The van der Waals surface area contributed by atoms with Crippen LogP contribution in [0.3, 0.4) is 0 Å². The largest absolute Gasteiger partial charge is 0.498 e. The molecule has 0 aliphatic heterocycles. The molecule has 26 heavy (non-hydrogen) atoms. The summed E-state index contributed by atoms with van der Waals surface area (Å²) in [6.45, 7) is 1.40. The molecule has 0 radical (unpaired) electrons. The third kappa shape index (κ3) is 4.77. The van der Waals surface area contributed by atoms with Crippen molar-refractivity contribution in [3.8, 4) is 11.5 Å². The van der Waals surface area contributed by atoms with Gasteiger partial charge in [-0.25, -0.2) is 0 Å². The van der Waals surface area contributed by atoms with Gasteiger partial charge in [0.2, 0.25) is 0 Å². The van der Waals surface area contributed by atoms with Crippen LogP contribution in [0.5, 0.6) is 11.5 Å². The molecular weight excluding hydrogens is 496 g/mol. The van der Waals surface area contributed by atoms with Gasteiger partial charge in [-0.05, 0) is 24.3 Å². The predicted octanol–water partition coefficient (Wildman–Crippen LogP) is 4.64. The fraction of sp³-hybridized carbons (Fsp3) is 0.0909. The molecule has 3 aromatic carbocycles. The maximum atomic E-state index is 11.1. The fourth-order valence-corrected chi connectivity index (χ4v) is 2.72. The van der Waals surface area contributed by atoms with E-state index in [0.717, 1.165) is 28.4 Å². The summed E-state index contributed by atoms with van der Waals surface area (Å²) in [5.74, 6) is 2.15. The van der Waals surface area contributed by atoms with Gasteiger partial charge in [0.15, 0.2) is 0 Å². The van der Waals surface area contributed by atoms with Gasteiger partial charge in [0.25, 0.3) is 0 Å². The molecule has 0 N–H and O–H groups in total. The van der Waals surface area contributed by atoms with Crippen LogP contribution in [0.2, 0.25) is 0 Å². The van der Waals surface area contributed by atoms with E-state index in [2.05, 4.69) is 12.1 Å². The van der Waals surface area contributed by atoms with Gasteiger partial charge in [0.1, 0.15) is 11.5 Å². The number of carbonyl (C=O) groups is 1. The second kappa shape index (κ2) is 9.26. The van der Waals surface area contributed by atoms with Crippen molar-refractivity contribution in [1.82, 2.24) is 0 Å². The van der Waals surface area contributed by atoms with E-state index in [4.69, 9.17) is 9.47 Å². The molecule has 0 heterocycles. The number of carbonyl (C=O) groups excluding carboxylic acids is 1. The number of rotatable bonds is 5. The van der Waals surface area contributed by atoms with E-state index in [1.807, 2.05) is 66.7 Å². The monoisotopic (exact) mass is 515 g/mol. The molecule has 0 bridgehead atoms. The minimum atomic E-state index is -0.324. The Morgan fingerprint density at radius 2 is 1.19 bits per heavy atom. The molecule has 0 fully saturated rings. The summed E-state index contributed by atoms with van der Waals surface area (Å²) in [7, 11) is 1.66. The summed E-state index contributed by atoms with van der Waals surface area (Å²) in [5.41, 5.74) is 3.26. The zero-order valence-corrected chi connectivity index (χ0v) is 17.6. The zero-order chi connectivity index (χ0) is 17.6. The Hall–Kier alpha value is -2.51. The van der Waals surface area contributed by atoms with Crippen LogP contribution >= 0.6 is 0 Å². The van der Waals surface area contributed by atoms with E-state index < -0.39 is 0 Å². The van der Waals surface area contributed by atoms with Crippen molar-refractivity contribution in [2.75, 3.05) is 7.11 Å². The van der Waals surface area contributed by atoms with Gasteiger partial charge < -0.3 is 9.47 Å². The van der Waals surface area contributed by atoms with E-state index in [1.165, 1.54) is 6.92 Å². The number of hydrogen-bond donors (Lipinski definition) is 0. The van der Waals surface area contributed by atoms with Crippen molar-refractivity contribution < 1.29 is 35.3 Å². The fourth-order valence-electron chi connectivity index (χ4n) is 2.72. The van der Waals surface area contributed by atoms with Crippen LogP contribution in [-0.2, 0) is 25.9 Å². The SMILES string of the molecule is COc1ccc([C-](c2ccccc2)c2ccc(OC(C)=O)cc2)cc1.[W]. The summed E-state index contributed by atoms with van der Waals surface area (Å²) < 4.78 is 10.4. The van der Waals surface area contributed by atoms with Crippen molar-refractivity contribution >= 4 is 5.97 Å². The van der Waals surface area contributed by atoms with Crippen LogP contribution < -0.4 is 9.47 Å². The van der Waals surface area contributed by atoms with E-state index >= 15 is 0 Å². The van der Waals surface area contributed by atoms with E-state index in [0.29, 0.717) is 5.75 Å². The summed E-state index contributed by atoms with van der Waals surface area (Å²) in [6, 6.07) is 25.7. The molecule has 3 rings (SSSR count). The minimum absolute atomic E-state index is 0. The third-order valence-electron chi connectivity index (χ3n) is 3.85. The van der Waals surface area contributed by atoms with Crippen molar-refractivity contribution in [2.24, 2.45) is 0 Å². The summed E-state index contributed by atoms with van der Waals surface area (Å²) in [4.78, 5) is 11.1. The zero-order valence-electron chi connectivity index (χ0n) is 14.6. The minimum Gasteiger partial charge on any atom is -0.498 e. The molecule has 0 amide bonds.